The number of halogens is 2. The zero-order valence-electron chi connectivity index (χ0n) is 10.7. The largest absolute Gasteiger partial charge is 0.456 e. The number of hydrogen-bond acceptors (Lipinski definition) is 2. The minimum atomic E-state index is -0.482. The fourth-order valence-corrected chi connectivity index (χ4v) is 2.28. The third-order valence-corrected chi connectivity index (χ3v) is 3.09. The number of hydrogen-bond donors (Lipinski definition) is 1. The lowest BCUT2D eigenvalue weighted by atomic mass is 10.1. The molecule has 0 radical (unpaired) electrons. The average molecular weight is 281 g/mol. The van der Waals surface area contributed by atoms with Crippen molar-refractivity contribution in [3.63, 3.8) is 0 Å². The first-order valence-corrected chi connectivity index (χ1v) is 6.23. The average Bonchev–Trinajstić information content (AvgIpc) is 2.34. The summed E-state index contributed by atoms with van der Waals surface area (Å²) in [5.74, 6) is 0.463. The summed E-state index contributed by atoms with van der Waals surface area (Å²) in [4.78, 5) is 0. The first kappa shape index (κ1) is 13.8. The van der Waals surface area contributed by atoms with Crippen molar-refractivity contribution in [1.82, 2.24) is 0 Å². The van der Waals surface area contributed by atoms with E-state index < -0.39 is 12.4 Å². The highest BCUT2D eigenvalue weighted by molar-refractivity contribution is 6.30. The van der Waals surface area contributed by atoms with Crippen LogP contribution in [0.25, 0.3) is 0 Å². The molecule has 0 saturated carbocycles. The molecule has 0 fully saturated rings. The van der Waals surface area contributed by atoms with E-state index in [1.807, 2.05) is 13.8 Å². The highest BCUT2D eigenvalue weighted by Crippen LogP contribution is 2.33. The third kappa shape index (κ3) is 2.88. The van der Waals surface area contributed by atoms with Gasteiger partial charge in [-0.3, -0.25) is 0 Å². The quantitative estimate of drug-likeness (QED) is 0.904. The number of rotatable bonds is 3. The second kappa shape index (κ2) is 5.59. The zero-order chi connectivity index (χ0) is 14.0. The molecule has 2 aromatic carbocycles. The van der Waals surface area contributed by atoms with E-state index in [0.29, 0.717) is 16.5 Å². The summed E-state index contributed by atoms with van der Waals surface area (Å²) in [5, 5.41) is 9.85. The van der Waals surface area contributed by atoms with Gasteiger partial charge < -0.3 is 9.84 Å². The molecule has 0 aliphatic heterocycles. The summed E-state index contributed by atoms with van der Waals surface area (Å²) in [6.07, 6.45) is 0. The number of aliphatic hydroxyl groups is 1. The molecule has 2 rings (SSSR count). The van der Waals surface area contributed by atoms with Gasteiger partial charge in [-0.25, -0.2) is 4.39 Å². The van der Waals surface area contributed by atoms with Gasteiger partial charge in [0.1, 0.15) is 17.3 Å². The molecule has 0 amide bonds. The van der Waals surface area contributed by atoms with E-state index in [4.69, 9.17) is 16.3 Å². The number of aryl methyl sites for hydroxylation is 2. The van der Waals surface area contributed by atoms with Crippen LogP contribution in [0, 0.1) is 19.7 Å². The lowest BCUT2D eigenvalue weighted by Gasteiger charge is -2.14. The molecule has 0 bridgehead atoms. The van der Waals surface area contributed by atoms with Crippen LogP contribution in [0.4, 0.5) is 4.39 Å². The van der Waals surface area contributed by atoms with E-state index in [1.54, 1.807) is 24.3 Å². The maximum Gasteiger partial charge on any atom is 0.135 e. The highest BCUT2D eigenvalue weighted by atomic mass is 35.5. The second-order valence-corrected chi connectivity index (χ2v) is 4.78. The fraction of sp³-hybridized carbons (Fsp3) is 0.200. The van der Waals surface area contributed by atoms with E-state index in [0.717, 1.165) is 11.1 Å². The van der Waals surface area contributed by atoms with Crippen molar-refractivity contribution < 1.29 is 14.2 Å². The number of benzene rings is 2. The maximum absolute atomic E-state index is 13.6. The molecule has 0 aliphatic carbocycles. The summed E-state index contributed by atoms with van der Waals surface area (Å²) in [5.41, 5.74) is 1.87. The summed E-state index contributed by atoms with van der Waals surface area (Å²) >= 11 is 5.95. The fourth-order valence-electron chi connectivity index (χ4n) is 1.96. The van der Waals surface area contributed by atoms with Crippen molar-refractivity contribution in [2.24, 2.45) is 0 Å². The predicted molar refractivity (Wildman–Crippen MR) is 73.3 cm³/mol. The molecule has 0 aliphatic rings. The minimum absolute atomic E-state index is 0.149. The van der Waals surface area contributed by atoms with Gasteiger partial charge in [-0.2, -0.15) is 0 Å². The van der Waals surface area contributed by atoms with Gasteiger partial charge in [-0.15, -0.1) is 0 Å². The van der Waals surface area contributed by atoms with Gasteiger partial charge in [0.2, 0.25) is 0 Å². The molecule has 0 heterocycles. The molecule has 2 nitrogen and oxygen atoms in total. The molecule has 0 atom stereocenters. The van der Waals surface area contributed by atoms with Gasteiger partial charge in [0.15, 0.2) is 0 Å². The van der Waals surface area contributed by atoms with Crippen LogP contribution in [0.3, 0.4) is 0 Å². The highest BCUT2D eigenvalue weighted by Gasteiger charge is 2.12. The number of aliphatic hydroxyl groups excluding tert-OH is 1. The van der Waals surface area contributed by atoms with Crippen LogP contribution in [0.2, 0.25) is 5.02 Å². The monoisotopic (exact) mass is 280 g/mol. The molecule has 0 aromatic heterocycles. The van der Waals surface area contributed by atoms with Crippen molar-refractivity contribution in [1.29, 1.82) is 0 Å². The van der Waals surface area contributed by atoms with Gasteiger partial charge in [0.05, 0.1) is 12.2 Å². The summed E-state index contributed by atoms with van der Waals surface area (Å²) in [7, 11) is 0. The summed E-state index contributed by atoms with van der Waals surface area (Å²) in [6, 6.07) is 8.02. The minimum Gasteiger partial charge on any atom is -0.456 e. The molecule has 4 heteroatoms. The van der Waals surface area contributed by atoms with Crippen LogP contribution >= 0.6 is 11.6 Å². The zero-order valence-corrected chi connectivity index (χ0v) is 11.5. The van der Waals surface area contributed by atoms with Crippen LogP contribution in [0.1, 0.15) is 16.7 Å². The Morgan fingerprint density at radius 1 is 1.21 bits per heavy atom. The van der Waals surface area contributed by atoms with Gasteiger partial charge in [-0.05, 0) is 49.2 Å². The molecule has 2 aromatic rings. The van der Waals surface area contributed by atoms with Gasteiger partial charge in [0, 0.05) is 5.02 Å². The van der Waals surface area contributed by atoms with Crippen LogP contribution in [-0.4, -0.2) is 5.11 Å². The van der Waals surface area contributed by atoms with Gasteiger partial charge in [-0.1, -0.05) is 17.7 Å². The van der Waals surface area contributed by atoms with Crippen molar-refractivity contribution >= 4 is 11.6 Å². The van der Waals surface area contributed by atoms with Crippen molar-refractivity contribution in [2.45, 2.75) is 20.5 Å². The van der Waals surface area contributed by atoms with Gasteiger partial charge in [0.25, 0.3) is 0 Å². The Hall–Kier alpha value is -1.58. The van der Waals surface area contributed by atoms with Crippen LogP contribution < -0.4 is 4.74 Å². The molecular formula is C15H14ClFO2. The van der Waals surface area contributed by atoms with E-state index in [-0.39, 0.29) is 5.56 Å². The Balaban J connectivity index is 2.45. The van der Waals surface area contributed by atoms with Gasteiger partial charge >= 0.3 is 0 Å². The van der Waals surface area contributed by atoms with Crippen molar-refractivity contribution in [3.8, 4) is 11.5 Å². The second-order valence-electron chi connectivity index (χ2n) is 4.35. The van der Waals surface area contributed by atoms with Crippen LogP contribution in [-0.2, 0) is 6.61 Å². The SMILES string of the molecule is Cc1cc(Cl)cc(C)c1Oc1cccc(F)c1CO. The number of ether oxygens (including phenoxy) is 1. The summed E-state index contributed by atoms with van der Waals surface area (Å²) in [6.45, 7) is 3.33. The molecule has 0 unspecified atom stereocenters. The standard InChI is InChI=1S/C15H14ClFO2/c1-9-6-11(16)7-10(2)15(9)19-14-5-3-4-13(17)12(14)8-18/h3-7,18H,8H2,1-2H3. The molecule has 0 spiro atoms. The smallest absolute Gasteiger partial charge is 0.135 e. The molecule has 0 saturated heterocycles. The Labute approximate surface area is 116 Å². The first-order valence-electron chi connectivity index (χ1n) is 5.85. The van der Waals surface area contributed by atoms with E-state index in [9.17, 15) is 9.50 Å². The topological polar surface area (TPSA) is 29.5 Å². The normalized spacial score (nSPS) is 10.6. The lowest BCUT2D eigenvalue weighted by Crippen LogP contribution is -1.98. The Morgan fingerprint density at radius 2 is 1.84 bits per heavy atom. The van der Waals surface area contributed by atoms with Crippen LogP contribution in [0.5, 0.6) is 11.5 Å². The third-order valence-electron chi connectivity index (χ3n) is 2.87. The first-order chi connectivity index (χ1) is 9.02. The van der Waals surface area contributed by atoms with Crippen molar-refractivity contribution in [2.75, 3.05) is 0 Å². The maximum atomic E-state index is 13.6. The lowest BCUT2D eigenvalue weighted by molar-refractivity contribution is 0.269. The Morgan fingerprint density at radius 3 is 2.42 bits per heavy atom. The molecule has 1 N–H and O–H groups in total. The molecule has 100 valence electrons. The molecule has 19 heavy (non-hydrogen) atoms. The van der Waals surface area contributed by atoms with E-state index in [2.05, 4.69) is 0 Å². The Kier molecular flexibility index (Phi) is 4.08. The van der Waals surface area contributed by atoms with Crippen LogP contribution in [0.15, 0.2) is 30.3 Å². The van der Waals surface area contributed by atoms with E-state index >= 15 is 0 Å². The van der Waals surface area contributed by atoms with Crippen molar-refractivity contribution in [3.05, 3.63) is 57.9 Å². The Bertz CT molecular complexity index is 588. The predicted octanol–water partition coefficient (Wildman–Crippen LogP) is 4.38. The molecular weight excluding hydrogens is 267 g/mol. The van der Waals surface area contributed by atoms with E-state index in [1.165, 1.54) is 6.07 Å². The summed E-state index contributed by atoms with van der Waals surface area (Å²) < 4.78 is 19.3.